The first-order chi connectivity index (χ1) is 2.27. The van der Waals surface area contributed by atoms with Crippen molar-refractivity contribution in [3.05, 3.63) is 0 Å². The third-order valence-corrected chi connectivity index (χ3v) is 0.499. The summed E-state index contributed by atoms with van der Waals surface area (Å²) >= 11 is 0. The van der Waals surface area contributed by atoms with Crippen LogP contribution in [0.5, 0.6) is 0 Å². The summed E-state index contributed by atoms with van der Waals surface area (Å²) in [5.41, 5.74) is 0.356. The predicted molar refractivity (Wildman–Crippen MR) is 26.3 cm³/mol. The van der Waals surface area contributed by atoms with E-state index in [2.05, 4.69) is 9.24 Å². The molecule has 0 spiro atoms. The van der Waals surface area contributed by atoms with Crippen LogP contribution in [0.1, 0.15) is 6.92 Å². The molecule has 1 nitrogen and oxygen atoms in total. The molecule has 2 atom stereocenters. The van der Waals surface area contributed by atoms with E-state index in [4.69, 9.17) is 5.11 Å². The largest absolute Gasteiger partial charge is 0.396 e. The lowest BCUT2D eigenvalue weighted by Gasteiger charge is -1.90. The van der Waals surface area contributed by atoms with Gasteiger partial charge in [-0.2, -0.15) is 0 Å². The standard InChI is InChI=1S/C3H9OP/c1-3(5)2-4/h3-4H,2,5H2,1H3. The second kappa shape index (κ2) is 2.62. The Labute approximate surface area is 34.6 Å². The molecule has 5 heavy (non-hydrogen) atoms. The molecule has 0 aliphatic carbocycles. The molecule has 0 saturated carbocycles. The van der Waals surface area contributed by atoms with Crippen LogP contribution in [-0.4, -0.2) is 17.4 Å². The number of aliphatic hydroxyl groups excluding tert-OH is 1. The average Bonchev–Trinajstić information content (AvgIpc) is 1.38. The molecule has 0 amide bonds. The summed E-state index contributed by atoms with van der Waals surface area (Å²) in [6.07, 6.45) is 0. The third kappa shape index (κ3) is 4.39. The Balaban J connectivity index is 2.54. The van der Waals surface area contributed by atoms with E-state index in [9.17, 15) is 0 Å². The summed E-state index contributed by atoms with van der Waals surface area (Å²) in [6.45, 7) is 2.20. The van der Waals surface area contributed by atoms with Crippen LogP contribution in [0.3, 0.4) is 0 Å². The molecule has 0 rings (SSSR count). The van der Waals surface area contributed by atoms with Crippen molar-refractivity contribution >= 4 is 9.24 Å². The first kappa shape index (κ1) is 5.39. The highest BCUT2D eigenvalue weighted by Gasteiger charge is 1.81. The Kier molecular flexibility index (Phi) is 2.82. The SMILES string of the molecule is CC(P)CO. The van der Waals surface area contributed by atoms with Crippen LogP contribution in [0.25, 0.3) is 0 Å². The number of rotatable bonds is 1. The molecular formula is C3H9OP. The molecule has 2 unspecified atom stereocenters. The van der Waals surface area contributed by atoms with Crippen LogP contribution in [-0.2, 0) is 0 Å². The number of hydrogen-bond donors (Lipinski definition) is 1. The van der Waals surface area contributed by atoms with Crippen molar-refractivity contribution < 1.29 is 5.11 Å². The van der Waals surface area contributed by atoms with Gasteiger partial charge in [-0.1, -0.05) is 6.92 Å². The van der Waals surface area contributed by atoms with E-state index >= 15 is 0 Å². The van der Waals surface area contributed by atoms with Gasteiger partial charge in [0.1, 0.15) is 0 Å². The fourth-order valence-corrected chi connectivity index (χ4v) is 0. The minimum Gasteiger partial charge on any atom is -0.396 e. The molecule has 0 radical (unpaired) electrons. The maximum absolute atomic E-state index is 8.12. The quantitative estimate of drug-likeness (QED) is 0.459. The molecule has 0 aromatic heterocycles. The minimum absolute atomic E-state index is 0.269. The first-order valence-electron chi connectivity index (χ1n) is 1.64. The zero-order valence-corrected chi connectivity index (χ0v) is 4.46. The fourth-order valence-electron chi connectivity index (χ4n) is 0. The van der Waals surface area contributed by atoms with Crippen molar-refractivity contribution in [1.29, 1.82) is 0 Å². The molecule has 32 valence electrons. The van der Waals surface area contributed by atoms with Gasteiger partial charge in [-0.15, -0.1) is 9.24 Å². The molecule has 0 fully saturated rings. The van der Waals surface area contributed by atoms with Gasteiger partial charge in [0, 0.05) is 6.61 Å². The van der Waals surface area contributed by atoms with Crippen molar-refractivity contribution in [2.24, 2.45) is 0 Å². The highest BCUT2D eigenvalue weighted by Crippen LogP contribution is 1.91. The minimum atomic E-state index is 0.269. The maximum Gasteiger partial charge on any atom is 0.0491 e. The molecule has 0 heterocycles. The summed E-state index contributed by atoms with van der Waals surface area (Å²) in [5.74, 6) is 0. The lowest BCUT2D eigenvalue weighted by Crippen LogP contribution is -1.93. The smallest absolute Gasteiger partial charge is 0.0491 e. The van der Waals surface area contributed by atoms with Gasteiger partial charge in [0.05, 0.1) is 0 Å². The van der Waals surface area contributed by atoms with Crippen LogP contribution in [0.2, 0.25) is 0 Å². The zero-order valence-electron chi connectivity index (χ0n) is 3.31. The van der Waals surface area contributed by atoms with Crippen molar-refractivity contribution in [3.8, 4) is 0 Å². The predicted octanol–water partition coefficient (Wildman–Crippen LogP) is 0.242. The van der Waals surface area contributed by atoms with Gasteiger partial charge in [-0.3, -0.25) is 0 Å². The Morgan fingerprint density at radius 2 is 2.20 bits per heavy atom. The monoisotopic (exact) mass is 92.0 g/mol. The summed E-state index contributed by atoms with van der Waals surface area (Å²) in [7, 11) is 2.48. The molecule has 0 aliphatic heterocycles. The zero-order chi connectivity index (χ0) is 4.28. The fraction of sp³-hybridized carbons (Fsp3) is 1.00. The van der Waals surface area contributed by atoms with Gasteiger partial charge < -0.3 is 5.11 Å². The maximum atomic E-state index is 8.12. The van der Waals surface area contributed by atoms with Gasteiger partial charge in [0.15, 0.2) is 0 Å². The van der Waals surface area contributed by atoms with E-state index in [0.717, 1.165) is 0 Å². The molecule has 1 N–H and O–H groups in total. The molecule has 0 aliphatic rings. The lowest BCUT2D eigenvalue weighted by molar-refractivity contribution is 0.300. The van der Waals surface area contributed by atoms with Crippen molar-refractivity contribution in [2.45, 2.75) is 12.6 Å². The van der Waals surface area contributed by atoms with E-state index in [1.54, 1.807) is 0 Å². The van der Waals surface area contributed by atoms with Crippen molar-refractivity contribution in [1.82, 2.24) is 0 Å². The summed E-state index contributed by atoms with van der Waals surface area (Å²) < 4.78 is 0. The van der Waals surface area contributed by atoms with E-state index in [1.807, 2.05) is 6.92 Å². The Morgan fingerprint density at radius 3 is 2.20 bits per heavy atom. The van der Waals surface area contributed by atoms with Gasteiger partial charge >= 0.3 is 0 Å². The van der Waals surface area contributed by atoms with Crippen molar-refractivity contribution in [3.63, 3.8) is 0 Å². The van der Waals surface area contributed by atoms with Gasteiger partial charge in [0.2, 0.25) is 0 Å². The van der Waals surface area contributed by atoms with E-state index in [1.165, 1.54) is 0 Å². The number of aliphatic hydroxyl groups is 1. The Hall–Kier alpha value is 0.390. The summed E-state index contributed by atoms with van der Waals surface area (Å²) in [6, 6.07) is 0. The van der Waals surface area contributed by atoms with E-state index < -0.39 is 0 Å². The highest BCUT2D eigenvalue weighted by atomic mass is 31.0. The van der Waals surface area contributed by atoms with E-state index in [-0.39, 0.29) is 6.61 Å². The molecule has 0 aromatic carbocycles. The van der Waals surface area contributed by atoms with Crippen LogP contribution < -0.4 is 0 Å². The van der Waals surface area contributed by atoms with E-state index in [0.29, 0.717) is 5.66 Å². The molecular weight excluding hydrogens is 83.0 g/mol. The molecule has 0 aromatic rings. The Bertz CT molecular complexity index is 20.9. The lowest BCUT2D eigenvalue weighted by atomic mass is 10.5. The number of hydrogen-bond acceptors (Lipinski definition) is 1. The molecule has 0 saturated heterocycles. The second-order valence-electron chi connectivity index (χ2n) is 1.16. The normalized spacial score (nSPS) is 15.0. The topological polar surface area (TPSA) is 20.2 Å². The van der Waals surface area contributed by atoms with Crippen LogP contribution in [0.15, 0.2) is 0 Å². The summed E-state index contributed by atoms with van der Waals surface area (Å²) in [4.78, 5) is 0. The van der Waals surface area contributed by atoms with Gasteiger partial charge in [0.25, 0.3) is 0 Å². The average molecular weight is 92.1 g/mol. The molecule has 2 heteroatoms. The van der Waals surface area contributed by atoms with Crippen LogP contribution in [0, 0.1) is 0 Å². The van der Waals surface area contributed by atoms with Crippen molar-refractivity contribution in [2.75, 3.05) is 6.61 Å². The highest BCUT2D eigenvalue weighted by molar-refractivity contribution is 7.17. The first-order valence-corrected chi connectivity index (χ1v) is 2.30. The molecule has 0 bridgehead atoms. The third-order valence-electron chi connectivity index (χ3n) is 0.288. The second-order valence-corrected chi connectivity index (χ2v) is 2.30. The summed E-state index contributed by atoms with van der Waals surface area (Å²) in [5, 5.41) is 8.12. The Morgan fingerprint density at radius 1 is 2.00 bits per heavy atom. The van der Waals surface area contributed by atoms with Gasteiger partial charge in [-0.05, 0) is 5.66 Å². The van der Waals surface area contributed by atoms with Crippen LogP contribution >= 0.6 is 9.24 Å². The van der Waals surface area contributed by atoms with Gasteiger partial charge in [-0.25, -0.2) is 0 Å². The van der Waals surface area contributed by atoms with Crippen LogP contribution in [0.4, 0.5) is 0 Å².